The van der Waals surface area contributed by atoms with E-state index in [4.69, 9.17) is 15.0 Å². The molecule has 0 fully saturated rings. The molecule has 0 amide bonds. The molecule has 244 valence electrons. The normalized spacial score (nSPS) is 12.2. The summed E-state index contributed by atoms with van der Waals surface area (Å²) in [6.45, 7) is 0. The Balaban J connectivity index is 1.61. The van der Waals surface area contributed by atoms with Gasteiger partial charge in [0.1, 0.15) is 0 Å². The highest BCUT2D eigenvalue weighted by Crippen LogP contribution is 2.46. The van der Waals surface area contributed by atoms with Crippen molar-refractivity contribution >= 4 is 32.7 Å². The van der Waals surface area contributed by atoms with Gasteiger partial charge in [-0.2, -0.15) is 26.3 Å². The second kappa shape index (κ2) is 11.8. The van der Waals surface area contributed by atoms with Gasteiger partial charge in [-0.15, -0.1) is 0 Å². The number of hydrogen-bond acceptors (Lipinski definition) is 3. The first kappa shape index (κ1) is 31.2. The van der Waals surface area contributed by atoms with Gasteiger partial charge in [0.25, 0.3) is 0 Å². The van der Waals surface area contributed by atoms with Crippen molar-refractivity contribution in [3.63, 3.8) is 0 Å². The Labute approximate surface area is 281 Å². The standard InChI is InChI=1S/C41H23F6N3/c42-40(43,44)28-20-27(21-29(22-28)41(45,46)47)31-23-33-39(50-38(26-16-8-3-9-17-26)37(49-33)25-14-6-2-7-15-25)35-34(31)30-18-10-11-19-32(30)48-36(35)24-12-4-1-5-13-24/h1-23H. The fourth-order valence-electron chi connectivity index (χ4n) is 6.40. The van der Waals surface area contributed by atoms with Gasteiger partial charge in [0, 0.05) is 32.8 Å². The van der Waals surface area contributed by atoms with Crippen molar-refractivity contribution in [2.45, 2.75) is 12.4 Å². The third kappa shape index (κ3) is 5.50. The van der Waals surface area contributed by atoms with Crippen molar-refractivity contribution in [1.29, 1.82) is 0 Å². The van der Waals surface area contributed by atoms with Crippen LogP contribution in [0.25, 0.3) is 77.6 Å². The Morgan fingerprint density at radius 2 is 0.840 bits per heavy atom. The zero-order valence-electron chi connectivity index (χ0n) is 25.9. The number of nitrogens with zero attached hydrogens (tertiary/aromatic N) is 3. The van der Waals surface area contributed by atoms with Gasteiger partial charge in [-0.3, -0.25) is 0 Å². The molecule has 0 radical (unpaired) electrons. The second-order valence-corrected chi connectivity index (χ2v) is 11.8. The number of fused-ring (bicyclic) bond motifs is 5. The molecule has 0 unspecified atom stereocenters. The topological polar surface area (TPSA) is 38.7 Å². The van der Waals surface area contributed by atoms with E-state index in [1.807, 2.05) is 91.0 Å². The largest absolute Gasteiger partial charge is 0.416 e. The minimum atomic E-state index is -5.04. The van der Waals surface area contributed by atoms with E-state index in [-0.39, 0.29) is 22.7 Å². The summed E-state index contributed by atoms with van der Waals surface area (Å²) in [5.74, 6) is 0. The summed E-state index contributed by atoms with van der Waals surface area (Å²) in [7, 11) is 0. The molecular weight excluding hydrogens is 648 g/mol. The fraction of sp³-hybridized carbons (Fsp3) is 0.0488. The Morgan fingerprint density at radius 3 is 1.38 bits per heavy atom. The summed E-state index contributed by atoms with van der Waals surface area (Å²) < 4.78 is 85.2. The van der Waals surface area contributed by atoms with Gasteiger partial charge in [0.05, 0.1) is 44.8 Å². The van der Waals surface area contributed by atoms with Crippen LogP contribution in [0.4, 0.5) is 26.3 Å². The molecule has 0 bridgehead atoms. The summed E-state index contributed by atoms with van der Waals surface area (Å²) in [5, 5.41) is 1.41. The summed E-state index contributed by atoms with van der Waals surface area (Å²) >= 11 is 0. The number of hydrogen-bond donors (Lipinski definition) is 0. The van der Waals surface area contributed by atoms with Crippen LogP contribution in [0.15, 0.2) is 140 Å². The summed E-state index contributed by atoms with van der Waals surface area (Å²) in [5.41, 5.74) is 2.00. The van der Waals surface area contributed by atoms with Crippen molar-refractivity contribution in [2.24, 2.45) is 0 Å². The van der Waals surface area contributed by atoms with Gasteiger partial charge in [-0.25, -0.2) is 15.0 Å². The average Bonchev–Trinajstić information content (AvgIpc) is 3.13. The molecule has 0 atom stereocenters. The molecule has 0 saturated heterocycles. The Morgan fingerprint density at radius 1 is 0.380 bits per heavy atom. The lowest BCUT2D eigenvalue weighted by atomic mass is 9.90. The SMILES string of the molecule is FC(F)(F)c1cc(-c2cc3nc(-c4ccccc4)c(-c4ccccc4)nc3c3c(-c4ccccc4)nc4ccccc4c23)cc(C(F)(F)F)c1. The minimum Gasteiger partial charge on any atom is -0.247 e. The van der Waals surface area contributed by atoms with Gasteiger partial charge in [0.2, 0.25) is 0 Å². The van der Waals surface area contributed by atoms with Crippen LogP contribution < -0.4 is 0 Å². The molecule has 9 heteroatoms. The zero-order chi connectivity index (χ0) is 34.6. The number of pyridine rings is 1. The maximum Gasteiger partial charge on any atom is 0.416 e. The molecular formula is C41H23F6N3. The molecule has 2 aromatic heterocycles. The molecule has 0 aliphatic heterocycles. The van der Waals surface area contributed by atoms with Crippen molar-refractivity contribution in [2.75, 3.05) is 0 Å². The first-order chi connectivity index (χ1) is 24.1. The molecule has 3 nitrogen and oxygen atoms in total. The van der Waals surface area contributed by atoms with E-state index in [1.54, 1.807) is 30.3 Å². The predicted molar refractivity (Wildman–Crippen MR) is 184 cm³/mol. The lowest BCUT2D eigenvalue weighted by Crippen LogP contribution is -2.11. The Kier molecular flexibility index (Phi) is 7.36. The summed E-state index contributed by atoms with van der Waals surface area (Å²) in [4.78, 5) is 15.3. The first-order valence-electron chi connectivity index (χ1n) is 15.6. The van der Waals surface area contributed by atoms with Crippen LogP contribution in [0.1, 0.15) is 11.1 Å². The number of rotatable bonds is 4. The van der Waals surface area contributed by atoms with E-state index in [9.17, 15) is 26.3 Å². The smallest absolute Gasteiger partial charge is 0.247 e. The van der Waals surface area contributed by atoms with Crippen molar-refractivity contribution in [3.8, 4) is 44.9 Å². The maximum absolute atomic E-state index is 14.2. The van der Waals surface area contributed by atoms with E-state index < -0.39 is 23.5 Å². The lowest BCUT2D eigenvalue weighted by molar-refractivity contribution is -0.143. The van der Waals surface area contributed by atoms with Gasteiger partial charge < -0.3 is 0 Å². The molecule has 50 heavy (non-hydrogen) atoms. The Bertz CT molecular complexity index is 2520. The molecule has 8 aromatic rings. The number of para-hydroxylation sites is 1. The second-order valence-electron chi connectivity index (χ2n) is 11.8. The summed E-state index contributed by atoms with van der Waals surface area (Å²) in [6.07, 6.45) is -10.1. The van der Waals surface area contributed by atoms with Gasteiger partial charge >= 0.3 is 12.4 Å². The molecule has 0 spiro atoms. The molecule has 6 aromatic carbocycles. The maximum atomic E-state index is 14.2. The third-order valence-corrected chi connectivity index (χ3v) is 8.64. The van der Waals surface area contributed by atoms with Crippen LogP contribution in [0, 0.1) is 0 Å². The van der Waals surface area contributed by atoms with Crippen LogP contribution in [-0.4, -0.2) is 15.0 Å². The van der Waals surface area contributed by atoms with Crippen molar-refractivity contribution in [1.82, 2.24) is 15.0 Å². The first-order valence-corrected chi connectivity index (χ1v) is 15.6. The molecule has 0 saturated carbocycles. The van der Waals surface area contributed by atoms with Crippen LogP contribution in [0.3, 0.4) is 0 Å². The number of alkyl halides is 6. The predicted octanol–water partition coefficient (Wildman–Crippen LogP) is 12.0. The Hall–Kier alpha value is -6.09. The van der Waals surface area contributed by atoms with Crippen LogP contribution in [0.2, 0.25) is 0 Å². The minimum absolute atomic E-state index is 0.139. The highest BCUT2D eigenvalue weighted by Gasteiger charge is 2.37. The van der Waals surface area contributed by atoms with E-state index in [1.165, 1.54) is 0 Å². The lowest BCUT2D eigenvalue weighted by Gasteiger charge is -2.19. The molecule has 0 aliphatic carbocycles. The van der Waals surface area contributed by atoms with Crippen molar-refractivity contribution in [3.05, 3.63) is 151 Å². The van der Waals surface area contributed by atoms with Crippen LogP contribution in [-0.2, 0) is 12.4 Å². The highest BCUT2D eigenvalue weighted by molar-refractivity contribution is 6.25. The van der Waals surface area contributed by atoms with E-state index in [2.05, 4.69) is 0 Å². The van der Waals surface area contributed by atoms with Crippen LogP contribution >= 0.6 is 0 Å². The van der Waals surface area contributed by atoms with Crippen LogP contribution in [0.5, 0.6) is 0 Å². The third-order valence-electron chi connectivity index (χ3n) is 8.64. The number of halogens is 6. The molecule has 8 rings (SSSR count). The van der Waals surface area contributed by atoms with Gasteiger partial charge in [0.15, 0.2) is 0 Å². The number of aromatic nitrogens is 3. The quantitative estimate of drug-likeness (QED) is 0.138. The van der Waals surface area contributed by atoms with E-state index in [0.29, 0.717) is 49.8 Å². The van der Waals surface area contributed by atoms with E-state index >= 15 is 0 Å². The molecule has 0 N–H and O–H groups in total. The fourth-order valence-corrected chi connectivity index (χ4v) is 6.40. The highest BCUT2D eigenvalue weighted by atomic mass is 19.4. The zero-order valence-corrected chi connectivity index (χ0v) is 25.9. The summed E-state index contributed by atoms with van der Waals surface area (Å²) in [6, 6.07) is 38.3. The molecule has 2 heterocycles. The van der Waals surface area contributed by atoms with Gasteiger partial charge in [-0.1, -0.05) is 109 Å². The van der Waals surface area contributed by atoms with E-state index in [0.717, 1.165) is 23.3 Å². The van der Waals surface area contributed by atoms with Crippen molar-refractivity contribution < 1.29 is 26.3 Å². The average molecular weight is 672 g/mol. The molecule has 0 aliphatic rings. The van der Waals surface area contributed by atoms with Gasteiger partial charge in [-0.05, 0) is 41.5 Å². The number of benzene rings is 6. The monoisotopic (exact) mass is 671 g/mol.